The predicted octanol–water partition coefficient (Wildman–Crippen LogP) is 3.93. The Bertz CT molecular complexity index is 1090. The number of carbonyl (C=O) groups excluding carboxylic acids is 1. The molecule has 1 amide bonds. The average molecular weight is 502 g/mol. The minimum atomic E-state index is -1.39. The van der Waals surface area contributed by atoms with Crippen molar-refractivity contribution in [2.24, 2.45) is 0 Å². The van der Waals surface area contributed by atoms with Crippen molar-refractivity contribution in [2.75, 3.05) is 32.1 Å². The average Bonchev–Trinajstić information content (AvgIpc) is 3.23. The number of fused-ring (bicyclic) bond motifs is 2. The number of ether oxygens (including phenoxy) is 2. The summed E-state index contributed by atoms with van der Waals surface area (Å²) in [6.07, 6.45) is 1.63. The topological polar surface area (TPSA) is 93.9 Å². The van der Waals surface area contributed by atoms with E-state index in [4.69, 9.17) is 9.47 Å². The summed E-state index contributed by atoms with van der Waals surface area (Å²) in [5.41, 5.74) is 0.558. The third-order valence-corrected chi connectivity index (χ3v) is 6.74. The first kappa shape index (κ1) is 22.3. The SMILES string of the molecule is C=CCOc1c(Br)cc([C@@H]2CN(C)[C@@]3(C(=O)Nc4ccccc43)[C@H]2[N+](=O)[O-])cc1OCC. The van der Waals surface area contributed by atoms with E-state index < -0.39 is 17.5 Å². The molecule has 32 heavy (non-hydrogen) atoms. The normalized spacial score (nSPS) is 24.3. The molecular formula is C23H24BrN3O5. The molecule has 8 nitrogen and oxygen atoms in total. The lowest BCUT2D eigenvalue weighted by Gasteiger charge is -2.30. The van der Waals surface area contributed by atoms with Crippen molar-refractivity contribution >= 4 is 27.5 Å². The summed E-state index contributed by atoms with van der Waals surface area (Å²) < 4.78 is 12.1. The van der Waals surface area contributed by atoms with Crippen LogP contribution in [0.2, 0.25) is 0 Å². The quantitative estimate of drug-likeness (QED) is 0.350. The van der Waals surface area contributed by atoms with E-state index in [0.29, 0.717) is 52.5 Å². The Morgan fingerprint density at radius 2 is 2.12 bits per heavy atom. The Kier molecular flexibility index (Phi) is 5.96. The van der Waals surface area contributed by atoms with Gasteiger partial charge < -0.3 is 14.8 Å². The molecule has 0 unspecified atom stereocenters. The van der Waals surface area contributed by atoms with Gasteiger partial charge in [0, 0.05) is 22.7 Å². The summed E-state index contributed by atoms with van der Waals surface area (Å²) >= 11 is 3.53. The largest absolute Gasteiger partial charge is 0.490 e. The van der Waals surface area contributed by atoms with Gasteiger partial charge in [0.1, 0.15) is 6.61 Å². The van der Waals surface area contributed by atoms with Crippen molar-refractivity contribution in [2.45, 2.75) is 24.4 Å². The number of nitro groups is 1. The van der Waals surface area contributed by atoms with Gasteiger partial charge >= 0.3 is 0 Å². The first-order valence-electron chi connectivity index (χ1n) is 10.3. The van der Waals surface area contributed by atoms with Crippen LogP contribution in [-0.2, 0) is 10.3 Å². The van der Waals surface area contributed by atoms with Gasteiger partial charge in [-0.1, -0.05) is 30.9 Å². The van der Waals surface area contributed by atoms with Crippen LogP contribution in [-0.4, -0.2) is 48.6 Å². The minimum Gasteiger partial charge on any atom is -0.490 e. The summed E-state index contributed by atoms with van der Waals surface area (Å²) in [6, 6.07) is 9.57. The van der Waals surface area contributed by atoms with Crippen LogP contribution in [0.4, 0.5) is 5.69 Å². The van der Waals surface area contributed by atoms with Crippen LogP contribution in [0.5, 0.6) is 11.5 Å². The number of halogens is 1. The highest BCUT2D eigenvalue weighted by atomic mass is 79.9. The Labute approximate surface area is 194 Å². The Morgan fingerprint density at radius 1 is 1.38 bits per heavy atom. The van der Waals surface area contributed by atoms with Gasteiger partial charge in [-0.05, 0) is 53.7 Å². The van der Waals surface area contributed by atoms with Gasteiger partial charge in [0.15, 0.2) is 17.0 Å². The van der Waals surface area contributed by atoms with E-state index in [-0.39, 0.29) is 10.8 Å². The van der Waals surface area contributed by atoms with Crippen LogP contribution < -0.4 is 14.8 Å². The second-order valence-electron chi connectivity index (χ2n) is 7.85. The molecule has 0 aromatic heterocycles. The lowest BCUT2D eigenvalue weighted by molar-refractivity contribution is -0.534. The number of anilines is 1. The van der Waals surface area contributed by atoms with Crippen molar-refractivity contribution in [1.29, 1.82) is 0 Å². The third kappa shape index (κ3) is 3.27. The summed E-state index contributed by atoms with van der Waals surface area (Å²) in [7, 11) is 1.76. The molecule has 2 aliphatic heterocycles. The van der Waals surface area contributed by atoms with Gasteiger partial charge in [-0.15, -0.1) is 0 Å². The standard InChI is InChI=1S/C23H24BrN3O5/c1-4-10-32-20-17(24)11-14(12-19(20)31-5-2)15-13-26(3)23(21(15)27(29)30)16-8-6-7-9-18(16)25-22(23)28/h4,6-9,11-12,15,21H,1,5,10,13H2,2-3H3,(H,25,28)/t15-,21-,23+/m0/s1. The van der Waals surface area contributed by atoms with E-state index in [9.17, 15) is 14.9 Å². The first-order chi connectivity index (χ1) is 15.4. The van der Waals surface area contributed by atoms with Crippen molar-refractivity contribution in [3.05, 3.63) is 74.8 Å². The Balaban J connectivity index is 1.84. The summed E-state index contributed by atoms with van der Waals surface area (Å²) in [4.78, 5) is 27.2. The minimum absolute atomic E-state index is 0.293. The zero-order valence-corrected chi connectivity index (χ0v) is 19.4. The maximum atomic E-state index is 13.2. The summed E-state index contributed by atoms with van der Waals surface area (Å²) in [6.45, 7) is 6.55. The van der Waals surface area contributed by atoms with Gasteiger partial charge in [-0.3, -0.25) is 19.8 Å². The van der Waals surface area contributed by atoms with E-state index in [1.165, 1.54) is 0 Å². The highest BCUT2D eigenvalue weighted by Crippen LogP contribution is 2.53. The second kappa shape index (κ2) is 8.55. The van der Waals surface area contributed by atoms with Gasteiger partial charge in [0.2, 0.25) is 0 Å². The fourth-order valence-electron chi connectivity index (χ4n) is 4.93. The van der Waals surface area contributed by atoms with E-state index >= 15 is 0 Å². The third-order valence-electron chi connectivity index (χ3n) is 6.15. The number of rotatable bonds is 7. The maximum absolute atomic E-state index is 13.2. The Morgan fingerprint density at radius 3 is 2.81 bits per heavy atom. The van der Waals surface area contributed by atoms with Crippen LogP contribution in [0.3, 0.4) is 0 Å². The molecule has 4 rings (SSSR count). The van der Waals surface area contributed by atoms with E-state index in [1.807, 2.05) is 13.0 Å². The van der Waals surface area contributed by atoms with Gasteiger partial charge in [-0.2, -0.15) is 0 Å². The van der Waals surface area contributed by atoms with Crippen LogP contribution in [0.1, 0.15) is 24.0 Å². The molecule has 2 aliphatic rings. The molecule has 0 bridgehead atoms. The molecule has 168 valence electrons. The number of amides is 1. The van der Waals surface area contributed by atoms with Gasteiger partial charge in [-0.25, -0.2) is 0 Å². The fraction of sp³-hybridized carbons (Fsp3) is 0.348. The molecule has 0 saturated carbocycles. The molecular weight excluding hydrogens is 478 g/mol. The number of carbonyl (C=O) groups is 1. The first-order valence-corrected chi connectivity index (χ1v) is 11.1. The molecule has 2 aromatic rings. The molecule has 0 aliphatic carbocycles. The number of para-hydroxylation sites is 1. The lowest BCUT2D eigenvalue weighted by atomic mass is 9.79. The molecule has 1 fully saturated rings. The van der Waals surface area contributed by atoms with E-state index in [1.54, 1.807) is 48.4 Å². The fourth-order valence-corrected chi connectivity index (χ4v) is 5.50. The van der Waals surface area contributed by atoms with Gasteiger partial charge in [0.05, 0.1) is 17.0 Å². The van der Waals surface area contributed by atoms with E-state index in [2.05, 4.69) is 27.8 Å². The van der Waals surface area contributed by atoms with Gasteiger partial charge in [0.25, 0.3) is 11.9 Å². The molecule has 2 heterocycles. The maximum Gasteiger partial charge on any atom is 0.256 e. The zero-order chi connectivity index (χ0) is 23.0. The monoisotopic (exact) mass is 501 g/mol. The number of benzene rings is 2. The van der Waals surface area contributed by atoms with Crippen molar-refractivity contribution in [1.82, 2.24) is 4.90 Å². The molecule has 2 aromatic carbocycles. The number of nitrogens with one attached hydrogen (secondary N) is 1. The van der Waals surface area contributed by atoms with Crippen LogP contribution >= 0.6 is 15.9 Å². The smallest absolute Gasteiger partial charge is 0.256 e. The highest BCUT2D eigenvalue weighted by molar-refractivity contribution is 9.10. The highest BCUT2D eigenvalue weighted by Gasteiger charge is 2.68. The number of likely N-dealkylation sites (tertiary alicyclic amines) is 1. The van der Waals surface area contributed by atoms with Crippen molar-refractivity contribution < 1.29 is 19.2 Å². The number of nitrogens with zero attached hydrogens (tertiary/aromatic N) is 2. The molecule has 1 saturated heterocycles. The molecule has 1 spiro atoms. The number of hydrogen-bond acceptors (Lipinski definition) is 6. The zero-order valence-electron chi connectivity index (χ0n) is 17.8. The van der Waals surface area contributed by atoms with Crippen LogP contribution in [0.25, 0.3) is 0 Å². The van der Waals surface area contributed by atoms with E-state index in [0.717, 1.165) is 0 Å². The summed E-state index contributed by atoms with van der Waals surface area (Å²) in [5, 5.41) is 15.3. The summed E-state index contributed by atoms with van der Waals surface area (Å²) in [5.74, 6) is 0.0789. The molecule has 3 atom stereocenters. The molecule has 9 heteroatoms. The number of hydrogen-bond donors (Lipinski definition) is 1. The Hall–Kier alpha value is -2.91. The number of likely N-dealkylation sites (N-methyl/N-ethyl adjacent to an activating group) is 1. The molecule has 0 radical (unpaired) electrons. The lowest BCUT2D eigenvalue weighted by Crippen LogP contribution is -2.54. The predicted molar refractivity (Wildman–Crippen MR) is 124 cm³/mol. The van der Waals surface area contributed by atoms with Crippen LogP contribution in [0.15, 0.2) is 53.5 Å². The van der Waals surface area contributed by atoms with Crippen molar-refractivity contribution in [3.63, 3.8) is 0 Å². The second-order valence-corrected chi connectivity index (χ2v) is 8.70. The van der Waals surface area contributed by atoms with Crippen molar-refractivity contribution in [3.8, 4) is 11.5 Å². The van der Waals surface area contributed by atoms with Crippen LogP contribution in [0, 0.1) is 10.1 Å². The molecule has 1 N–H and O–H groups in total.